The van der Waals surface area contributed by atoms with Crippen molar-refractivity contribution >= 4 is 5.91 Å². The Morgan fingerprint density at radius 2 is 2.05 bits per heavy atom. The van der Waals surface area contributed by atoms with E-state index in [1.807, 2.05) is 0 Å². The second-order valence-electron chi connectivity index (χ2n) is 6.42. The zero-order valence-electron chi connectivity index (χ0n) is 12.8. The normalized spacial score (nSPS) is 30.9. The monoisotopic (exact) mass is 282 g/mol. The predicted molar refractivity (Wildman–Crippen MR) is 80.4 cm³/mol. The number of carbonyl (C=O) groups is 1. The summed E-state index contributed by atoms with van der Waals surface area (Å²) in [5.41, 5.74) is 5.24. The van der Waals surface area contributed by atoms with Crippen molar-refractivity contribution in [3.05, 3.63) is 0 Å². The van der Waals surface area contributed by atoms with Crippen molar-refractivity contribution in [2.24, 2.45) is 11.7 Å². The fourth-order valence-corrected chi connectivity index (χ4v) is 3.89. The van der Waals surface area contributed by atoms with Crippen LogP contribution in [0.2, 0.25) is 0 Å². The molecule has 2 aliphatic rings. The number of rotatable bonds is 8. The summed E-state index contributed by atoms with van der Waals surface area (Å²) in [4.78, 5) is 12.0. The molecule has 2 atom stereocenters. The van der Waals surface area contributed by atoms with E-state index in [2.05, 4.69) is 12.2 Å². The summed E-state index contributed by atoms with van der Waals surface area (Å²) < 4.78 is 5.96. The molecule has 2 fully saturated rings. The van der Waals surface area contributed by atoms with E-state index in [0.717, 1.165) is 45.3 Å². The molecule has 4 heteroatoms. The largest absolute Gasteiger partial charge is 0.378 e. The molecule has 2 saturated carbocycles. The summed E-state index contributed by atoms with van der Waals surface area (Å²) in [6, 6.07) is 0. The average molecular weight is 282 g/mol. The van der Waals surface area contributed by atoms with Gasteiger partial charge in [-0.1, -0.05) is 26.2 Å². The maximum atomic E-state index is 12.0. The van der Waals surface area contributed by atoms with Gasteiger partial charge in [-0.2, -0.15) is 0 Å². The molecular weight excluding hydrogens is 252 g/mol. The van der Waals surface area contributed by atoms with Crippen molar-refractivity contribution in [2.75, 3.05) is 13.2 Å². The quantitative estimate of drug-likeness (QED) is 0.718. The molecule has 2 unspecified atom stereocenters. The van der Waals surface area contributed by atoms with Crippen LogP contribution in [0.4, 0.5) is 0 Å². The van der Waals surface area contributed by atoms with Crippen LogP contribution in [-0.2, 0) is 9.53 Å². The van der Waals surface area contributed by atoms with E-state index in [-0.39, 0.29) is 5.91 Å². The second kappa shape index (κ2) is 7.41. The van der Waals surface area contributed by atoms with E-state index < -0.39 is 5.54 Å². The second-order valence-corrected chi connectivity index (χ2v) is 6.42. The maximum absolute atomic E-state index is 12.0. The van der Waals surface area contributed by atoms with E-state index in [1.54, 1.807) is 0 Å². The topological polar surface area (TPSA) is 64.3 Å². The van der Waals surface area contributed by atoms with Crippen LogP contribution in [0, 0.1) is 5.92 Å². The third kappa shape index (κ3) is 3.53. The lowest BCUT2D eigenvalue weighted by Gasteiger charge is -2.34. The van der Waals surface area contributed by atoms with Crippen molar-refractivity contribution in [2.45, 2.75) is 76.4 Å². The molecule has 0 saturated heterocycles. The van der Waals surface area contributed by atoms with Crippen LogP contribution in [0.1, 0.15) is 64.7 Å². The Balaban J connectivity index is 1.85. The van der Waals surface area contributed by atoms with Crippen molar-refractivity contribution in [3.63, 3.8) is 0 Å². The third-order valence-electron chi connectivity index (χ3n) is 5.07. The van der Waals surface area contributed by atoms with Gasteiger partial charge in [0.1, 0.15) is 5.54 Å². The number of carbonyl (C=O) groups excluding carboxylic acids is 1. The van der Waals surface area contributed by atoms with Gasteiger partial charge >= 0.3 is 0 Å². The smallest absolute Gasteiger partial charge is 0.238 e. The molecule has 116 valence electrons. The Morgan fingerprint density at radius 3 is 2.70 bits per heavy atom. The molecule has 2 rings (SSSR count). The highest BCUT2D eigenvalue weighted by Crippen LogP contribution is 2.38. The SMILES string of the molecule is CCCNC1(C(N)=O)CCCC1CCOC1CCCC1. The fourth-order valence-electron chi connectivity index (χ4n) is 3.89. The lowest BCUT2D eigenvalue weighted by Crippen LogP contribution is -2.58. The van der Waals surface area contributed by atoms with Crippen LogP contribution in [0.15, 0.2) is 0 Å². The molecule has 0 heterocycles. The minimum absolute atomic E-state index is 0.172. The van der Waals surface area contributed by atoms with Gasteiger partial charge in [0.15, 0.2) is 0 Å². The molecule has 0 radical (unpaired) electrons. The first-order chi connectivity index (χ1) is 9.69. The zero-order chi connectivity index (χ0) is 14.4. The Morgan fingerprint density at radius 1 is 1.30 bits per heavy atom. The number of ether oxygens (including phenoxy) is 1. The van der Waals surface area contributed by atoms with Crippen LogP contribution in [0.25, 0.3) is 0 Å². The summed E-state index contributed by atoms with van der Waals surface area (Å²) >= 11 is 0. The lowest BCUT2D eigenvalue weighted by molar-refractivity contribution is -0.126. The van der Waals surface area contributed by atoms with E-state index in [9.17, 15) is 4.79 Å². The first-order valence-electron chi connectivity index (χ1n) is 8.35. The van der Waals surface area contributed by atoms with E-state index in [0.29, 0.717) is 12.0 Å². The molecule has 1 amide bonds. The zero-order valence-corrected chi connectivity index (χ0v) is 12.8. The number of hydrogen-bond donors (Lipinski definition) is 2. The third-order valence-corrected chi connectivity index (χ3v) is 5.07. The minimum Gasteiger partial charge on any atom is -0.378 e. The number of nitrogens with two attached hydrogens (primary N) is 1. The van der Waals surface area contributed by atoms with Gasteiger partial charge in [-0.15, -0.1) is 0 Å². The van der Waals surface area contributed by atoms with Gasteiger partial charge in [0.25, 0.3) is 0 Å². The Kier molecular flexibility index (Phi) is 5.85. The Bertz CT molecular complexity index is 316. The summed E-state index contributed by atoms with van der Waals surface area (Å²) in [6.07, 6.45) is 10.5. The minimum atomic E-state index is -0.477. The highest BCUT2D eigenvalue weighted by molar-refractivity contribution is 5.85. The van der Waals surface area contributed by atoms with Crippen molar-refractivity contribution < 1.29 is 9.53 Å². The summed E-state index contributed by atoms with van der Waals surface area (Å²) in [7, 11) is 0. The van der Waals surface area contributed by atoms with Crippen LogP contribution < -0.4 is 11.1 Å². The van der Waals surface area contributed by atoms with Crippen LogP contribution in [0.5, 0.6) is 0 Å². The average Bonchev–Trinajstić information content (AvgIpc) is 3.06. The van der Waals surface area contributed by atoms with Gasteiger partial charge in [0.2, 0.25) is 5.91 Å². The molecule has 3 N–H and O–H groups in total. The van der Waals surface area contributed by atoms with Gasteiger partial charge in [-0.3, -0.25) is 4.79 Å². The van der Waals surface area contributed by atoms with E-state index in [1.165, 1.54) is 25.7 Å². The van der Waals surface area contributed by atoms with Crippen LogP contribution >= 0.6 is 0 Å². The summed E-state index contributed by atoms with van der Waals surface area (Å²) in [5, 5.41) is 3.44. The van der Waals surface area contributed by atoms with Crippen molar-refractivity contribution in [1.82, 2.24) is 5.32 Å². The highest BCUT2D eigenvalue weighted by atomic mass is 16.5. The molecule has 0 aromatic carbocycles. The molecule has 2 aliphatic carbocycles. The number of amides is 1. The molecule has 0 bridgehead atoms. The fraction of sp³-hybridized carbons (Fsp3) is 0.938. The molecule has 0 aliphatic heterocycles. The van der Waals surface area contributed by atoms with Crippen LogP contribution in [-0.4, -0.2) is 30.7 Å². The van der Waals surface area contributed by atoms with Gasteiger partial charge in [-0.25, -0.2) is 0 Å². The number of nitrogens with one attached hydrogen (secondary N) is 1. The molecule has 0 aromatic heterocycles. The van der Waals surface area contributed by atoms with Gasteiger partial charge in [0.05, 0.1) is 6.10 Å². The molecular formula is C16H30N2O2. The highest BCUT2D eigenvalue weighted by Gasteiger charge is 2.46. The predicted octanol–water partition coefficient (Wildman–Crippen LogP) is 2.36. The van der Waals surface area contributed by atoms with Crippen molar-refractivity contribution in [3.8, 4) is 0 Å². The first-order valence-corrected chi connectivity index (χ1v) is 8.35. The first kappa shape index (κ1) is 15.8. The van der Waals surface area contributed by atoms with Gasteiger partial charge < -0.3 is 15.8 Å². The molecule has 20 heavy (non-hydrogen) atoms. The Hall–Kier alpha value is -0.610. The number of hydrogen-bond acceptors (Lipinski definition) is 3. The summed E-state index contributed by atoms with van der Waals surface area (Å²) in [5.74, 6) is 0.169. The van der Waals surface area contributed by atoms with Gasteiger partial charge in [-0.05, 0) is 51.0 Å². The Labute approximate surface area is 122 Å². The van der Waals surface area contributed by atoms with Crippen molar-refractivity contribution in [1.29, 1.82) is 0 Å². The lowest BCUT2D eigenvalue weighted by atomic mass is 9.84. The summed E-state index contributed by atoms with van der Waals surface area (Å²) in [6.45, 7) is 3.76. The van der Waals surface area contributed by atoms with Gasteiger partial charge in [0, 0.05) is 6.61 Å². The maximum Gasteiger partial charge on any atom is 0.238 e. The molecule has 0 spiro atoms. The standard InChI is InChI=1S/C16H30N2O2/c1-2-11-18-16(15(17)19)10-5-6-13(16)9-12-20-14-7-3-4-8-14/h13-14,18H,2-12H2,1H3,(H2,17,19). The van der Waals surface area contributed by atoms with E-state index in [4.69, 9.17) is 10.5 Å². The molecule has 0 aromatic rings. The number of primary amides is 1. The molecule has 4 nitrogen and oxygen atoms in total. The van der Waals surface area contributed by atoms with E-state index >= 15 is 0 Å². The van der Waals surface area contributed by atoms with Crippen LogP contribution in [0.3, 0.4) is 0 Å².